The monoisotopic (exact) mass is 663 g/mol. The summed E-state index contributed by atoms with van der Waals surface area (Å²) in [4.78, 5) is 52.1. The number of ether oxygens (including phenoxy) is 1. The van der Waals surface area contributed by atoms with Crippen LogP contribution in [0.1, 0.15) is 137 Å². The first kappa shape index (κ1) is 34.9. The van der Waals surface area contributed by atoms with Gasteiger partial charge in [0.1, 0.15) is 11.9 Å². The summed E-state index contributed by atoms with van der Waals surface area (Å²) in [6.45, 7) is 19.4. The van der Waals surface area contributed by atoms with Gasteiger partial charge in [0, 0.05) is 24.0 Å². The summed E-state index contributed by atoms with van der Waals surface area (Å²) in [5, 5.41) is 19.7. The van der Waals surface area contributed by atoms with Crippen molar-refractivity contribution in [3.05, 3.63) is 29.1 Å². The number of H-pyrrole nitrogens is 1. The molecule has 4 fully saturated rings. The Kier molecular flexibility index (Phi) is 8.19. The fraction of sp³-hybridized carbons (Fsp3) is 0.769. The zero-order valence-electron chi connectivity index (χ0n) is 30.5. The number of Topliss-reactive ketones (excluding diaryl/α,β-unsaturated/α-hetero) is 1. The molecule has 0 radical (unpaired) electrons. The third kappa shape index (κ3) is 4.94. The Bertz CT molecular complexity index is 1540. The number of allylic oxidation sites excluding steroid dienone is 1. The number of aromatic nitrogens is 2. The Balaban J connectivity index is 1.33. The normalized spacial score (nSPS) is 38.8. The summed E-state index contributed by atoms with van der Waals surface area (Å²) in [5.41, 5.74) is 1.00. The van der Waals surface area contributed by atoms with E-state index < -0.39 is 22.9 Å². The molecule has 1 aromatic heterocycles. The number of aromatic amines is 1. The van der Waals surface area contributed by atoms with Gasteiger partial charge in [-0.15, -0.1) is 0 Å². The van der Waals surface area contributed by atoms with Crippen LogP contribution >= 0.6 is 0 Å². The molecule has 0 aliphatic heterocycles. The van der Waals surface area contributed by atoms with E-state index in [1.807, 2.05) is 0 Å². The van der Waals surface area contributed by atoms with Gasteiger partial charge in [-0.2, -0.15) is 5.10 Å². The number of carbonyl (C=O) groups excluding carboxylic acids is 3. The fourth-order valence-electron chi connectivity index (χ4n) is 12.1. The second kappa shape index (κ2) is 11.3. The maximum atomic E-state index is 13.9. The molecule has 0 saturated heterocycles. The molecule has 9 heteroatoms. The van der Waals surface area contributed by atoms with Gasteiger partial charge in [-0.25, -0.2) is 0 Å². The predicted octanol–water partition coefficient (Wildman–Crippen LogP) is 7.29. The Morgan fingerprint density at radius 1 is 1.04 bits per heavy atom. The third-order valence-corrected chi connectivity index (χ3v) is 14.8. The van der Waals surface area contributed by atoms with Crippen molar-refractivity contribution in [1.82, 2.24) is 15.5 Å². The molecule has 1 heterocycles. The van der Waals surface area contributed by atoms with E-state index in [1.165, 1.54) is 11.1 Å². The minimum Gasteiger partial charge on any atom is -0.481 e. The summed E-state index contributed by atoms with van der Waals surface area (Å²) in [7, 11) is 0. The van der Waals surface area contributed by atoms with Crippen LogP contribution in [0, 0.1) is 50.7 Å². The molecule has 5 aliphatic rings. The van der Waals surface area contributed by atoms with E-state index in [2.05, 4.69) is 64.0 Å². The lowest BCUT2D eigenvalue weighted by Gasteiger charge is -2.70. The van der Waals surface area contributed by atoms with Crippen molar-refractivity contribution in [3.8, 4) is 0 Å². The van der Waals surface area contributed by atoms with Crippen LogP contribution in [0.25, 0.3) is 0 Å². The van der Waals surface area contributed by atoms with Crippen LogP contribution in [0.15, 0.2) is 23.5 Å². The van der Waals surface area contributed by atoms with E-state index in [0.717, 1.165) is 51.4 Å². The zero-order chi connectivity index (χ0) is 35.2. The van der Waals surface area contributed by atoms with Gasteiger partial charge >= 0.3 is 11.9 Å². The number of hydrogen-bond donors (Lipinski definition) is 3. The highest BCUT2D eigenvalue weighted by molar-refractivity contribution is 5.97. The highest BCUT2D eigenvalue weighted by Gasteiger charge is 2.69. The van der Waals surface area contributed by atoms with Crippen molar-refractivity contribution in [2.45, 2.75) is 138 Å². The third-order valence-electron chi connectivity index (χ3n) is 14.8. The number of ketones is 1. The van der Waals surface area contributed by atoms with Crippen molar-refractivity contribution in [2.75, 3.05) is 0 Å². The van der Waals surface area contributed by atoms with Gasteiger partial charge in [0.25, 0.3) is 5.91 Å². The minimum absolute atomic E-state index is 0.0117. The second-order valence-electron chi connectivity index (χ2n) is 18.4. The van der Waals surface area contributed by atoms with Crippen LogP contribution < -0.4 is 5.32 Å². The Morgan fingerprint density at radius 3 is 2.38 bits per heavy atom. The lowest BCUT2D eigenvalue weighted by Crippen LogP contribution is -2.65. The number of aliphatic carboxylic acids is 1. The molecule has 8 atom stereocenters. The molecule has 0 aromatic carbocycles. The van der Waals surface area contributed by atoms with E-state index in [1.54, 1.807) is 26.2 Å². The number of nitrogens with one attached hydrogen (secondary N) is 2. The number of fused-ring (bicyclic) bond motifs is 6. The quantitative estimate of drug-likeness (QED) is 0.206. The van der Waals surface area contributed by atoms with Crippen molar-refractivity contribution in [1.29, 1.82) is 0 Å². The number of carbonyl (C=O) groups is 4. The number of carboxylic acid groups (broad SMARTS) is 1. The molecule has 1 aromatic rings. The van der Waals surface area contributed by atoms with E-state index in [4.69, 9.17) is 4.74 Å². The van der Waals surface area contributed by atoms with Crippen LogP contribution in [0.5, 0.6) is 0 Å². The standard InChI is InChI=1S/C39H57N3O6/c1-22(2)30-25(43)18-39(42-32(45)23-20-40-41-21-23)17-16-37(8)24(31(30)39)10-11-27-36(7)14-13-28(48-29(44)19-34(3,4)33(46)47)35(5,6)26(36)12-15-38(27,37)9/h20-22,26-28,30H,10-19H2,1-9H3,(H,40,41)(H,42,45)(H,46,47)/t26?,27?,28-,30?,36-,37+,38+,39+/m0/s1. The molecule has 3 unspecified atom stereocenters. The van der Waals surface area contributed by atoms with Gasteiger partial charge < -0.3 is 15.2 Å². The lowest BCUT2D eigenvalue weighted by atomic mass is 9.34. The van der Waals surface area contributed by atoms with E-state index in [9.17, 15) is 24.3 Å². The molecule has 9 nitrogen and oxygen atoms in total. The van der Waals surface area contributed by atoms with Gasteiger partial charge in [0.05, 0.1) is 29.1 Å². The van der Waals surface area contributed by atoms with Crippen molar-refractivity contribution >= 4 is 23.6 Å². The fourth-order valence-corrected chi connectivity index (χ4v) is 12.1. The smallest absolute Gasteiger partial charge is 0.309 e. The largest absolute Gasteiger partial charge is 0.481 e. The number of amides is 1. The number of hydrogen-bond acceptors (Lipinski definition) is 6. The van der Waals surface area contributed by atoms with Gasteiger partial charge in [-0.05, 0) is 105 Å². The second-order valence-corrected chi connectivity index (χ2v) is 18.4. The highest BCUT2D eigenvalue weighted by Crippen LogP contribution is 2.75. The van der Waals surface area contributed by atoms with Crippen LogP contribution in [0.4, 0.5) is 0 Å². The maximum Gasteiger partial charge on any atom is 0.309 e. The molecule has 0 bridgehead atoms. The Labute approximate surface area is 285 Å². The van der Waals surface area contributed by atoms with Gasteiger partial charge in [0.15, 0.2) is 0 Å². The predicted molar refractivity (Wildman–Crippen MR) is 182 cm³/mol. The van der Waals surface area contributed by atoms with Crippen molar-refractivity contribution in [3.63, 3.8) is 0 Å². The summed E-state index contributed by atoms with van der Waals surface area (Å²) in [6.07, 6.45) is 10.6. The first-order valence-electron chi connectivity index (χ1n) is 18.2. The summed E-state index contributed by atoms with van der Waals surface area (Å²) in [5.74, 6) is -0.586. The topological polar surface area (TPSA) is 138 Å². The summed E-state index contributed by atoms with van der Waals surface area (Å²) in [6, 6.07) is 0. The average molecular weight is 664 g/mol. The molecule has 5 aliphatic carbocycles. The summed E-state index contributed by atoms with van der Waals surface area (Å²) < 4.78 is 6.13. The SMILES string of the molecule is CC(C)C1C(=O)C[C@]2(NC(=O)c3cn[nH]c3)CC[C@]3(C)C(=C12)CCC1[C@@]2(C)CC[C@H](OC(=O)CC(C)(C)C(=O)O)C(C)(C)C2CC[C@]13C. The van der Waals surface area contributed by atoms with E-state index in [-0.39, 0.29) is 57.7 Å². The number of carboxylic acids is 1. The van der Waals surface area contributed by atoms with E-state index >= 15 is 0 Å². The molecular weight excluding hydrogens is 606 g/mol. The zero-order valence-corrected chi connectivity index (χ0v) is 30.5. The van der Waals surface area contributed by atoms with Gasteiger partial charge in [-0.3, -0.25) is 24.3 Å². The molecule has 6 rings (SSSR count). The lowest BCUT2D eigenvalue weighted by molar-refractivity contribution is -0.214. The first-order valence-corrected chi connectivity index (χ1v) is 18.2. The number of rotatable bonds is 7. The van der Waals surface area contributed by atoms with Gasteiger partial charge in [-0.1, -0.05) is 54.0 Å². The van der Waals surface area contributed by atoms with Crippen molar-refractivity contribution in [2.24, 2.45) is 50.7 Å². The molecule has 48 heavy (non-hydrogen) atoms. The molecule has 4 saturated carbocycles. The average Bonchev–Trinajstić information content (AvgIpc) is 3.61. The maximum absolute atomic E-state index is 13.9. The molecule has 0 spiro atoms. The molecule has 264 valence electrons. The number of esters is 1. The van der Waals surface area contributed by atoms with Gasteiger partial charge in [0.2, 0.25) is 0 Å². The Hall–Kier alpha value is -2.97. The molecule has 3 N–H and O–H groups in total. The number of nitrogens with zero attached hydrogens (tertiary/aromatic N) is 1. The summed E-state index contributed by atoms with van der Waals surface area (Å²) >= 11 is 0. The Morgan fingerprint density at radius 2 is 1.75 bits per heavy atom. The van der Waals surface area contributed by atoms with Crippen LogP contribution in [0.3, 0.4) is 0 Å². The minimum atomic E-state index is -1.17. The van der Waals surface area contributed by atoms with E-state index in [0.29, 0.717) is 23.8 Å². The molecule has 1 amide bonds. The van der Waals surface area contributed by atoms with Crippen LogP contribution in [-0.2, 0) is 19.1 Å². The van der Waals surface area contributed by atoms with Crippen LogP contribution in [0.2, 0.25) is 0 Å². The van der Waals surface area contributed by atoms with Crippen molar-refractivity contribution < 1.29 is 29.0 Å². The van der Waals surface area contributed by atoms with Crippen LogP contribution in [-0.4, -0.2) is 50.6 Å². The highest BCUT2D eigenvalue weighted by atomic mass is 16.5. The molecular formula is C39H57N3O6. The first-order chi connectivity index (χ1) is 22.2.